The number of anilines is 1. The van der Waals surface area contributed by atoms with Gasteiger partial charge >= 0.3 is 5.69 Å². The number of aliphatic hydroxyl groups is 2. The Morgan fingerprint density at radius 3 is 3.00 bits per heavy atom. The molecule has 1 saturated heterocycles. The molecule has 1 aliphatic heterocycles. The van der Waals surface area contributed by atoms with E-state index in [1.807, 2.05) is 0 Å². The van der Waals surface area contributed by atoms with E-state index in [0.717, 1.165) is 0 Å². The van der Waals surface area contributed by atoms with Gasteiger partial charge in [-0.25, -0.2) is 4.79 Å². The second-order valence-corrected chi connectivity index (χ2v) is 4.18. The predicted octanol–water partition coefficient (Wildman–Crippen LogP) is -1.22. The third-order valence-corrected chi connectivity index (χ3v) is 2.75. The number of H-pyrrole nitrogens is 1. The van der Waals surface area contributed by atoms with E-state index in [1.54, 1.807) is 0 Å². The highest BCUT2D eigenvalue weighted by Crippen LogP contribution is 2.27. The molecule has 0 saturated carbocycles. The normalized spacial score (nSPS) is 27.4. The fraction of sp³-hybridized carbons (Fsp3) is 0.600. The Morgan fingerprint density at radius 2 is 2.44 bits per heavy atom. The maximum Gasteiger partial charge on any atom is 0.329 e. The van der Waals surface area contributed by atoms with Crippen LogP contribution < -0.4 is 11.0 Å². The quantitative estimate of drug-likeness (QED) is 0.541. The number of carbonyl (C=O) groups excluding carboxylic acids is 1. The van der Waals surface area contributed by atoms with Crippen molar-refractivity contribution in [2.24, 2.45) is 0 Å². The second kappa shape index (κ2) is 4.92. The van der Waals surface area contributed by atoms with Gasteiger partial charge in [-0.3, -0.25) is 14.3 Å². The Morgan fingerprint density at radius 1 is 1.72 bits per heavy atom. The Bertz CT molecular complexity index is 494. The summed E-state index contributed by atoms with van der Waals surface area (Å²) in [6.07, 6.45) is -0.543. The third-order valence-electron chi connectivity index (χ3n) is 2.75. The molecule has 1 fully saturated rings. The standard InChI is InChI=1S/C10H15N3O5/c1-5(15)11-8-3-13(10(17)12-8)9-2-6(16)7(4-14)18-9/h3,6-7,9,14,16H,2,4H2,1H3,(H,11,15)(H,12,17)/t6-,7+,9+/m0/s1. The Kier molecular flexibility index (Phi) is 3.50. The van der Waals surface area contributed by atoms with E-state index < -0.39 is 24.1 Å². The largest absolute Gasteiger partial charge is 0.394 e. The van der Waals surface area contributed by atoms with Gasteiger partial charge in [-0.1, -0.05) is 0 Å². The molecule has 0 radical (unpaired) electrons. The van der Waals surface area contributed by atoms with Crippen molar-refractivity contribution in [3.63, 3.8) is 0 Å². The summed E-state index contributed by atoms with van der Waals surface area (Å²) in [5.74, 6) is -0.0398. The fourth-order valence-electron chi connectivity index (χ4n) is 1.93. The monoisotopic (exact) mass is 257 g/mol. The summed E-state index contributed by atoms with van der Waals surface area (Å²) in [5.41, 5.74) is -0.450. The molecule has 3 atom stereocenters. The Labute approximate surface area is 102 Å². The summed E-state index contributed by atoms with van der Waals surface area (Å²) in [4.78, 5) is 25.0. The van der Waals surface area contributed by atoms with Crippen molar-refractivity contribution in [2.45, 2.75) is 31.8 Å². The van der Waals surface area contributed by atoms with Crippen LogP contribution in [0.15, 0.2) is 11.0 Å². The summed E-state index contributed by atoms with van der Waals surface area (Å²) in [5, 5.41) is 21.0. The zero-order valence-corrected chi connectivity index (χ0v) is 9.79. The number of rotatable bonds is 3. The summed E-state index contributed by atoms with van der Waals surface area (Å²) in [6, 6.07) is 0. The van der Waals surface area contributed by atoms with Gasteiger partial charge in [-0.2, -0.15) is 0 Å². The molecule has 0 spiro atoms. The van der Waals surface area contributed by atoms with Crippen molar-refractivity contribution >= 4 is 11.7 Å². The fourth-order valence-corrected chi connectivity index (χ4v) is 1.93. The first-order valence-corrected chi connectivity index (χ1v) is 5.54. The summed E-state index contributed by atoms with van der Waals surface area (Å²) >= 11 is 0. The molecule has 18 heavy (non-hydrogen) atoms. The van der Waals surface area contributed by atoms with Gasteiger partial charge in [-0.05, 0) is 0 Å². The van der Waals surface area contributed by atoms with Crippen molar-refractivity contribution < 1.29 is 19.7 Å². The molecule has 0 aliphatic carbocycles. The molecule has 2 rings (SSSR count). The smallest absolute Gasteiger partial charge is 0.329 e. The number of carbonyl (C=O) groups is 1. The summed E-state index contributed by atoms with van der Waals surface area (Å²) in [7, 11) is 0. The molecule has 0 bridgehead atoms. The molecule has 0 aromatic carbocycles. The van der Waals surface area contributed by atoms with E-state index in [-0.39, 0.29) is 24.8 Å². The van der Waals surface area contributed by atoms with E-state index in [0.29, 0.717) is 0 Å². The zero-order chi connectivity index (χ0) is 13.3. The molecule has 8 nitrogen and oxygen atoms in total. The molecule has 1 aliphatic rings. The highest BCUT2D eigenvalue weighted by molar-refractivity contribution is 5.87. The molecular formula is C10H15N3O5. The molecule has 1 aromatic heterocycles. The summed E-state index contributed by atoms with van der Waals surface area (Å²) in [6.45, 7) is 1.02. The average Bonchev–Trinajstić information content (AvgIpc) is 2.81. The van der Waals surface area contributed by atoms with Crippen molar-refractivity contribution in [1.82, 2.24) is 9.55 Å². The zero-order valence-electron chi connectivity index (χ0n) is 9.79. The van der Waals surface area contributed by atoms with Crippen LogP contribution in [0.25, 0.3) is 0 Å². The Balaban J connectivity index is 2.17. The number of amides is 1. The van der Waals surface area contributed by atoms with Crippen LogP contribution in [0.3, 0.4) is 0 Å². The van der Waals surface area contributed by atoms with Gasteiger partial charge in [0.05, 0.1) is 18.9 Å². The maximum absolute atomic E-state index is 11.6. The van der Waals surface area contributed by atoms with Crippen LogP contribution in [0.5, 0.6) is 0 Å². The van der Waals surface area contributed by atoms with E-state index in [4.69, 9.17) is 9.84 Å². The van der Waals surface area contributed by atoms with Gasteiger partial charge in [-0.15, -0.1) is 0 Å². The first-order valence-electron chi connectivity index (χ1n) is 5.54. The lowest BCUT2D eigenvalue weighted by Crippen LogP contribution is -2.25. The number of nitrogens with one attached hydrogen (secondary N) is 2. The van der Waals surface area contributed by atoms with E-state index >= 15 is 0 Å². The molecule has 8 heteroatoms. The first-order chi connectivity index (χ1) is 8.51. The number of hydrogen-bond donors (Lipinski definition) is 4. The maximum atomic E-state index is 11.6. The number of ether oxygens (including phenoxy) is 1. The lowest BCUT2D eigenvalue weighted by molar-refractivity contribution is -0.114. The molecule has 0 unspecified atom stereocenters. The predicted molar refractivity (Wildman–Crippen MR) is 61.0 cm³/mol. The number of hydrogen-bond acceptors (Lipinski definition) is 5. The average molecular weight is 257 g/mol. The van der Waals surface area contributed by atoms with Crippen molar-refractivity contribution in [2.75, 3.05) is 11.9 Å². The number of imidazole rings is 1. The molecule has 4 N–H and O–H groups in total. The van der Waals surface area contributed by atoms with E-state index in [1.165, 1.54) is 17.7 Å². The number of aliphatic hydroxyl groups excluding tert-OH is 2. The second-order valence-electron chi connectivity index (χ2n) is 4.18. The van der Waals surface area contributed by atoms with Crippen LogP contribution in [0.4, 0.5) is 5.82 Å². The third kappa shape index (κ3) is 2.45. The summed E-state index contributed by atoms with van der Waals surface area (Å²) < 4.78 is 6.58. The van der Waals surface area contributed by atoms with Crippen molar-refractivity contribution in [3.05, 3.63) is 16.7 Å². The first kappa shape index (κ1) is 12.8. The van der Waals surface area contributed by atoms with Crippen LogP contribution in [0.1, 0.15) is 19.6 Å². The van der Waals surface area contributed by atoms with Crippen LogP contribution >= 0.6 is 0 Å². The SMILES string of the molecule is CC(=O)Nc1cn([C@H]2C[C@H](O)[C@@H](CO)O2)c(=O)[nH]1. The number of nitrogens with zero attached hydrogens (tertiary/aromatic N) is 1. The number of aromatic nitrogens is 2. The minimum absolute atomic E-state index is 0.211. The van der Waals surface area contributed by atoms with Gasteiger partial charge in [0.15, 0.2) is 0 Å². The minimum atomic E-state index is -0.814. The lowest BCUT2D eigenvalue weighted by atomic mass is 10.2. The molecule has 1 amide bonds. The molecule has 2 heterocycles. The van der Waals surface area contributed by atoms with Crippen molar-refractivity contribution in [1.29, 1.82) is 0 Å². The van der Waals surface area contributed by atoms with E-state index in [2.05, 4.69) is 10.3 Å². The van der Waals surface area contributed by atoms with Crippen LogP contribution in [0, 0.1) is 0 Å². The van der Waals surface area contributed by atoms with Crippen molar-refractivity contribution in [3.8, 4) is 0 Å². The van der Waals surface area contributed by atoms with Gasteiger partial charge in [0.2, 0.25) is 5.91 Å². The minimum Gasteiger partial charge on any atom is -0.394 e. The van der Waals surface area contributed by atoms with Crippen LogP contribution in [-0.4, -0.2) is 44.5 Å². The highest BCUT2D eigenvalue weighted by atomic mass is 16.5. The highest BCUT2D eigenvalue weighted by Gasteiger charge is 2.35. The molecule has 100 valence electrons. The number of aromatic amines is 1. The van der Waals surface area contributed by atoms with Crippen LogP contribution in [-0.2, 0) is 9.53 Å². The van der Waals surface area contributed by atoms with Gasteiger partial charge in [0, 0.05) is 13.3 Å². The lowest BCUT2D eigenvalue weighted by Gasteiger charge is -2.11. The molecule has 1 aromatic rings. The van der Waals surface area contributed by atoms with Gasteiger partial charge in [0.25, 0.3) is 0 Å². The Hall–Kier alpha value is -1.64. The molecular weight excluding hydrogens is 242 g/mol. The van der Waals surface area contributed by atoms with Gasteiger partial charge < -0.3 is 20.3 Å². The topological polar surface area (TPSA) is 117 Å². The van der Waals surface area contributed by atoms with Gasteiger partial charge in [0.1, 0.15) is 18.1 Å². The van der Waals surface area contributed by atoms with E-state index in [9.17, 15) is 14.7 Å². The van der Waals surface area contributed by atoms with Crippen LogP contribution in [0.2, 0.25) is 0 Å².